The molecule has 60 valence electrons. The van der Waals surface area contributed by atoms with Crippen LogP contribution in [0.25, 0.3) is 0 Å². The summed E-state index contributed by atoms with van der Waals surface area (Å²) >= 11 is 0. The zero-order valence-electron chi connectivity index (χ0n) is 6.54. The highest BCUT2D eigenvalue weighted by atomic mass is 16.3. The molecule has 0 saturated heterocycles. The summed E-state index contributed by atoms with van der Waals surface area (Å²) in [6.45, 7) is 2.91. The van der Waals surface area contributed by atoms with Crippen molar-refractivity contribution < 1.29 is 5.11 Å². The van der Waals surface area contributed by atoms with Crippen molar-refractivity contribution in [3.05, 3.63) is 24.0 Å². The minimum absolute atomic E-state index is 0.0604. The van der Waals surface area contributed by atoms with Gasteiger partial charge in [0.15, 0.2) is 0 Å². The van der Waals surface area contributed by atoms with Gasteiger partial charge in [-0.15, -0.1) is 0 Å². The molecule has 1 heterocycles. The number of aliphatic hydroxyl groups excluding tert-OH is 1. The highest BCUT2D eigenvalue weighted by Gasteiger charge is 1.97. The number of nitrogens with zero attached hydrogens (tertiary/aromatic N) is 1. The molecule has 0 aromatic carbocycles. The molecule has 0 atom stereocenters. The molecule has 0 aliphatic heterocycles. The second-order valence-corrected chi connectivity index (χ2v) is 2.22. The van der Waals surface area contributed by atoms with Gasteiger partial charge >= 0.3 is 0 Å². The predicted octanol–water partition coefficient (Wildman–Crippen LogP) is 1.01. The minimum Gasteiger partial charge on any atom is -0.392 e. The first-order valence-corrected chi connectivity index (χ1v) is 3.66. The maximum absolute atomic E-state index is 8.88. The summed E-state index contributed by atoms with van der Waals surface area (Å²) in [7, 11) is 0. The van der Waals surface area contributed by atoms with Gasteiger partial charge in [0.05, 0.1) is 18.5 Å². The molecule has 3 heteroatoms. The van der Waals surface area contributed by atoms with E-state index in [0.29, 0.717) is 0 Å². The standard InChI is InChI=1S/C8H12N2O/c1-2-10-8-5-9-4-3-7(8)6-11/h3-5,10-11H,2,6H2,1H3. The molecule has 1 rings (SSSR count). The fourth-order valence-corrected chi connectivity index (χ4v) is 0.911. The Kier molecular flexibility index (Phi) is 2.86. The Labute approximate surface area is 66.1 Å². The van der Waals surface area contributed by atoms with Crippen LogP contribution in [0.3, 0.4) is 0 Å². The summed E-state index contributed by atoms with van der Waals surface area (Å²) in [6.07, 6.45) is 3.39. The molecular weight excluding hydrogens is 140 g/mol. The maximum Gasteiger partial charge on any atom is 0.0703 e. The SMILES string of the molecule is CCNc1cnccc1CO. The fourth-order valence-electron chi connectivity index (χ4n) is 0.911. The summed E-state index contributed by atoms with van der Waals surface area (Å²) in [6, 6.07) is 1.80. The van der Waals surface area contributed by atoms with E-state index in [2.05, 4.69) is 10.3 Å². The third-order valence-electron chi connectivity index (χ3n) is 1.45. The Hall–Kier alpha value is -1.09. The Morgan fingerprint density at radius 3 is 3.09 bits per heavy atom. The lowest BCUT2D eigenvalue weighted by Gasteiger charge is -2.06. The predicted molar refractivity (Wildman–Crippen MR) is 44.3 cm³/mol. The van der Waals surface area contributed by atoms with Gasteiger partial charge in [0, 0.05) is 18.3 Å². The van der Waals surface area contributed by atoms with Gasteiger partial charge in [-0.1, -0.05) is 0 Å². The van der Waals surface area contributed by atoms with E-state index in [9.17, 15) is 0 Å². The topological polar surface area (TPSA) is 45.2 Å². The van der Waals surface area contributed by atoms with Crippen LogP contribution in [0.4, 0.5) is 5.69 Å². The lowest BCUT2D eigenvalue weighted by Crippen LogP contribution is -2.00. The summed E-state index contributed by atoms with van der Waals surface area (Å²) in [5, 5.41) is 12.0. The maximum atomic E-state index is 8.88. The van der Waals surface area contributed by atoms with Crippen LogP contribution in [0.1, 0.15) is 12.5 Å². The molecule has 0 bridgehead atoms. The molecule has 0 unspecified atom stereocenters. The molecule has 1 aromatic heterocycles. The number of pyridine rings is 1. The van der Waals surface area contributed by atoms with Crippen molar-refractivity contribution in [2.45, 2.75) is 13.5 Å². The minimum atomic E-state index is 0.0604. The van der Waals surface area contributed by atoms with Gasteiger partial charge in [0.25, 0.3) is 0 Å². The summed E-state index contributed by atoms with van der Waals surface area (Å²) in [5.74, 6) is 0. The third kappa shape index (κ3) is 1.91. The molecule has 3 nitrogen and oxygen atoms in total. The zero-order chi connectivity index (χ0) is 8.10. The van der Waals surface area contributed by atoms with Crippen molar-refractivity contribution >= 4 is 5.69 Å². The molecule has 0 aliphatic rings. The van der Waals surface area contributed by atoms with E-state index in [0.717, 1.165) is 17.8 Å². The normalized spacial score (nSPS) is 9.64. The third-order valence-corrected chi connectivity index (χ3v) is 1.45. The van der Waals surface area contributed by atoms with Crippen LogP contribution in [0, 0.1) is 0 Å². The number of hydrogen-bond acceptors (Lipinski definition) is 3. The van der Waals surface area contributed by atoms with Crippen molar-refractivity contribution in [3.8, 4) is 0 Å². The van der Waals surface area contributed by atoms with Gasteiger partial charge in [-0.25, -0.2) is 0 Å². The zero-order valence-corrected chi connectivity index (χ0v) is 6.54. The molecule has 2 N–H and O–H groups in total. The molecular formula is C8H12N2O. The Morgan fingerprint density at radius 1 is 1.64 bits per heavy atom. The molecule has 11 heavy (non-hydrogen) atoms. The monoisotopic (exact) mass is 152 g/mol. The van der Waals surface area contributed by atoms with Crippen molar-refractivity contribution in [2.75, 3.05) is 11.9 Å². The quantitative estimate of drug-likeness (QED) is 0.679. The average molecular weight is 152 g/mol. The van der Waals surface area contributed by atoms with Gasteiger partial charge in [0.1, 0.15) is 0 Å². The van der Waals surface area contributed by atoms with Crippen LogP contribution in [0.2, 0.25) is 0 Å². The Bertz CT molecular complexity index is 225. The summed E-state index contributed by atoms with van der Waals surface area (Å²) in [4.78, 5) is 3.94. The largest absolute Gasteiger partial charge is 0.392 e. The van der Waals surface area contributed by atoms with E-state index in [4.69, 9.17) is 5.11 Å². The van der Waals surface area contributed by atoms with E-state index >= 15 is 0 Å². The van der Waals surface area contributed by atoms with Crippen molar-refractivity contribution in [2.24, 2.45) is 0 Å². The first kappa shape index (κ1) is 8.01. The van der Waals surface area contributed by atoms with Gasteiger partial charge in [-0.3, -0.25) is 4.98 Å². The van der Waals surface area contributed by atoms with Gasteiger partial charge < -0.3 is 10.4 Å². The molecule has 0 fully saturated rings. The van der Waals surface area contributed by atoms with Gasteiger partial charge in [-0.05, 0) is 13.0 Å². The van der Waals surface area contributed by atoms with Crippen LogP contribution < -0.4 is 5.32 Å². The van der Waals surface area contributed by atoms with Gasteiger partial charge in [-0.2, -0.15) is 0 Å². The Balaban J connectivity index is 2.83. The molecule has 0 aliphatic carbocycles. The number of nitrogens with one attached hydrogen (secondary N) is 1. The lowest BCUT2D eigenvalue weighted by atomic mass is 10.2. The second-order valence-electron chi connectivity index (χ2n) is 2.22. The Morgan fingerprint density at radius 2 is 2.45 bits per heavy atom. The van der Waals surface area contributed by atoms with Crippen molar-refractivity contribution in [1.29, 1.82) is 0 Å². The first-order valence-electron chi connectivity index (χ1n) is 3.66. The van der Waals surface area contributed by atoms with Crippen LogP contribution in [0.5, 0.6) is 0 Å². The average Bonchev–Trinajstić information content (AvgIpc) is 2.06. The first-order chi connectivity index (χ1) is 5.38. The second kappa shape index (κ2) is 3.93. The van der Waals surface area contributed by atoms with Gasteiger partial charge in [0.2, 0.25) is 0 Å². The molecule has 0 radical (unpaired) electrons. The number of rotatable bonds is 3. The van der Waals surface area contributed by atoms with Crippen molar-refractivity contribution in [1.82, 2.24) is 4.98 Å². The highest BCUT2D eigenvalue weighted by Crippen LogP contribution is 2.11. The summed E-state index contributed by atoms with van der Waals surface area (Å²) in [5.41, 5.74) is 1.80. The van der Waals surface area contributed by atoms with Crippen LogP contribution in [-0.4, -0.2) is 16.6 Å². The smallest absolute Gasteiger partial charge is 0.0703 e. The van der Waals surface area contributed by atoms with Crippen LogP contribution >= 0.6 is 0 Å². The number of anilines is 1. The molecule has 0 saturated carbocycles. The van der Waals surface area contributed by atoms with E-state index in [-0.39, 0.29) is 6.61 Å². The number of hydrogen-bond donors (Lipinski definition) is 2. The number of aromatic nitrogens is 1. The molecule has 0 spiro atoms. The van der Waals surface area contributed by atoms with Crippen LogP contribution in [0.15, 0.2) is 18.5 Å². The number of aliphatic hydroxyl groups is 1. The highest BCUT2D eigenvalue weighted by molar-refractivity contribution is 5.48. The molecule has 1 aromatic rings. The van der Waals surface area contributed by atoms with Crippen molar-refractivity contribution in [3.63, 3.8) is 0 Å². The van der Waals surface area contributed by atoms with E-state index in [1.54, 1.807) is 18.5 Å². The van der Waals surface area contributed by atoms with E-state index in [1.165, 1.54) is 0 Å². The van der Waals surface area contributed by atoms with E-state index in [1.807, 2.05) is 6.92 Å². The molecule has 0 amide bonds. The summed E-state index contributed by atoms with van der Waals surface area (Å²) < 4.78 is 0. The van der Waals surface area contributed by atoms with Crippen LogP contribution in [-0.2, 0) is 6.61 Å². The lowest BCUT2D eigenvalue weighted by molar-refractivity contribution is 0.282. The fraction of sp³-hybridized carbons (Fsp3) is 0.375. The van der Waals surface area contributed by atoms with E-state index < -0.39 is 0 Å².